The van der Waals surface area contributed by atoms with Crippen molar-refractivity contribution in [3.8, 4) is 0 Å². The predicted octanol–water partition coefficient (Wildman–Crippen LogP) is 8.02. The van der Waals surface area contributed by atoms with Gasteiger partial charge in [-0.25, -0.2) is 0 Å². The van der Waals surface area contributed by atoms with Gasteiger partial charge in [0.15, 0.2) is 13.0 Å². The van der Waals surface area contributed by atoms with Gasteiger partial charge in [0.05, 0.1) is 0 Å². The average molecular weight is 533 g/mol. The quantitative estimate of drug-likeness (QED) is 0.323. The Hall–Kier alpha value is 3.77. The van der Waals surface area contributed by atoms with Gasteiger partial charge in [-0.2, -0.15) is 0 Å². The molecule has 0 aromatic rings. The average Bonchev–Trinajstić information content (AvgIpc) is 2.12. The fraction of sp³-hybridized carbons (Fsp3) is 0.833. The maximum absolute atomic E-state index is 5.89. The van der Waals surface area contributed by atoms with Crippen molar-refractivity contribution in [2.45, 2.75) is 20.6 Å². The van der Waals surface area contributed by atoms with Crippen molar-refractivity contribution < 1.29 is 0 Å². The van der Waals surface area contributed by atoms with Crippen LogP contribution in [-0.4, -0.2) is 20.6 Å². The second-order valence-electron chi connectivity index (χ2n) is 3.03. The lowest BCUT2D eigenvalue weighted by atomic mass is 10.1. The number of halogens is 13. The van der Waals surface area contributed by atoms with Crippen LogP contribution in [0.4, 0.5) is 0 Å². The monoisotopic (exact) mass is 527 g/mol. The molecule has 19 heavy (non-hydrogen) atoms. The van der Waals surface area contributed by atoms with Gasteiger partial charge >= 0.3 is 0 Å². The van der Waals surface area contributed by atoms with Crippen LogP contribution >= 0.6 is 151 Å². The first-order chi connectivity index (χ1) is 7.90. The van der Waals surface area contributed by atoms with E-state index in [-0.39, 0.29) is 0 Å². The summed E-state index contributed by atoms with van der Waals surface area (Å²) in [6.07, 6.45) is 0. The molecule has 0 bridgehead atoms. The Morgan fingerprint density at radius 1 is 0.474 bits per heavy atom. The molecule has 0 rings (SSSR count). The zero-order valence-electron chi connectivity index (χ0n) is 7.91. The normalized spacial score (nSPS) is 16.1. The summed E-state index contributed by atoms with van der Waals surface area (Å²) in [6, 6.07) is 0. The van der Waals surface area contributed by atoms with Gasteiger partial charge in [0, 0.05) is 0 Å². The summed E-state index contributed by atoms with van der Waals surface area (Å²) in [6.45, 7) is 0. The van der Waals surface area contributed by atoms with Crippen molar-refractivity contribution in [3.05, 3.63) is 5.38 Å². The van der Waals surface area contributed by atoms with Crippen molar-refractivity contribution in [2.24, 2.45) is 0 Å². The summed E-state index contributed by atoms with van der Waals surface area (Å²) in [5, 5.41) is -0.761. The van der Waals surface area contributed by atoms with Crippen molar-refractivity contribution in [3.63, 3.8) is 0 Å². The zero-order valence-corrected chi connectivity index (χ0v) is 17.7. The van der Waals surface area contributed by atoms with Gasteiger partial charge in [0.2, 0.25) is 7.59 Å². The van der Waals surface area contributed by atoms with E-state index in [1.165, 1.54) is 0 Å². The van der Waals surface area contributed by atoms with Gasteiger partial charge in [0.1, 0.15) is 5.38 Å². The Balaban J connectivity index is 5.70. The van der Waals surface area contributed by atoms with Crippen LogP contribution in [0.5, 0.6) is 0 Å². The maximum atomic E-state index is 5.89. The Bertz CT molecular complexity index is 319. The lowest BCUT2D eigenvalue weighted by Gasteiger charge is -2.44. The second-order valence-corrected chi connectivity index (χ2v) is 12.0. The molecule has 0 saturated heterocycles. The minimum absolute atomic E-state index is 0.761. The maximum Gasteiger partial charge on any atom is 0.226 e. The summed E-state index contributed by atoms with van der Waals surface area (Å²) in [5.74, 6) is 0. The third-order valence-corrected chi connectivity index (χ3v) is 8.88. The van der Waals surface area contributed by atoms with Gasteiger partial charge in [-0.15, -0.1) is 11.6 Å². The summed E-state index contributed by atoms with van der Waals surface area (Å²) in [7, 11) is 0. The largest absolute Gasteiger partial charge is 0.226 e. The van der Waals surface area contributed by atoms with Gasteiger partial charge in [-0.1, -0.05) is 139 Å². The first-order valence-corrected chi connectivity index (χ1v) is 8.62. The van der Waals surface area contributed by atoms with Crippen molar-refractivity contribution in [1.29, 1.82) is 0 Å². The fourth-order valence-electron chi connectivity index (χ4n) is 0.637. The smallest absolute Gasteiger partial charge is 0.110 e. The highest BCUT2D eigenvalue weighted by Crippen LogP contribution is 2.66. The molecule has 13 heteroatoms. The third-order valence-electron chi connectivity index (χ3n) is 1.66. The van der Waals surface area contributed by atoms with E-state index in [4.69, 9.17) is 151 Å². The minimum Gasteiger partial charge on any atom is -0.110 e. The molecule has 0 saturated carbocycles. The van der Waals surface area contributed by atoms with Crippen molar-refractivity contribution >= 4 is 151 Å². The first-order valence-electron chi connectivity index (χ1n) is 3.71. The third kappa shape index (κ3) is 4.65. The van der Waals surface area contributed by atoms with Crippen LogP contribution in [0.3, 0.4) is 0 Å². The molecular formula is C6Cl13. The molecule has 0 aliphatic carbocycles. The van der Waals surface area contributed by atoms with E-state index in [1.807, 2.05) is 0 Å². The second kappa shape index (κ2) is 6.95. The minimum atomic E-state index is -2.48. The molecule has 115 valence electrons. The molecule has 0 nitrogen and oxygen atoms in total. The topological polar surface area (TPSA) is 0 Å². The Morgan fingerprint density at radius 3 is 1.00 bits per heavy atom. The van der Waals surface area contributed by atoms with Crippen LogP contribution in [0.2, 0.25) is 0 Å². The molecule has 0 N–H and O–H groups in total. The highest BCUT2D eigenvalue weighted by Gasteiger charge is 2.69. The molecule has 0 aromatic carbocycles. The van der Waals surface area contributed by atoms with E-state index in [0.717, 1.165) is 0 Å². The van der Waals surface area contributed by atoms with Gasteiger partial charge < -0.3 is 0 Å². The fourth-order valence-corrected chi connectivity index (χ4v) is 3.39. The molecule has 0 atom stereocenters. The molecular weight excluding hydrogens is 533 g/mol. The molecule has 0 amide bonds. The van der Waals surface area contributed by atoms with E-state index in [0.29, 0.717) is 0 Å². The summed E-state index contributed by atoms with van der Waals surface area (Å²) in [4.78, 5) is 0. The van der Waals surface area contributed by atoms with Gasteiger partial charge in [-0.05, 0) is 0 Å². The van der Waals surface area contributed by atoms with Gasteiger partial charge in [-0.3, -0.25) is 0 Å². The molecule has 0 aromatic heterocycles. The zero-order chi connectivity index (χ0) is 16.1. The van der Waals surface area contributed by atoms with Crippen LogP contribution in [0.1, 0.15) is 0 Å². The molecule has 0 heterocycles. The number of rotatable bonds is 3. The summed E-state index contributed by atoms with van der Waals surface area (Å²) in [5.41, 5.74) is 0. The van der Waals surface area contributed by atoms with Crippen LogP contribution in [0, 0.1) is 5.38 Å². The highest BCUT2D eigenvalue weighted by atomic mass is 35.6. The van der Waals surface area contributed by atoms with Crippen LogP contribution in [0.25, 0.3) is 0 Å². The number of alkyl halides is 12. The summed E-state index contributed by atoms with van der Waals surface area (Å²) >= 11 is 74.1. The molecule has 1 radical (unpaired) electrons. The lowest BCUT2D eigenvalue weighted by molar-refractivity contribution is 0.659. The number of hydrogen-bond donors (Lipinski definition) is 0. The molecule has 0 fully saturated rings. The molecule has 0 spiro atoms. The van der Waals surface area contributed by atoms with Crippen molar-refractivity contribution in [2.75, 3.05) is 0 Å². The lowest BCUT2D eigenvalue weighted by Crippen LogP contribution is -2.55. The standard InChI is InChI=1S/C6Cl13/c7-1(3(10,11)5(14,15)16)2(8,9)4(12,13)6(17,18)19. The molecule has 0 aliphatic rings. The molecule has 0 unspecified atom stereocenters. The highest BCUT2D eigenvalue weighted by molar-refractivity contribution is 6.81. The molecule has 0 aliphatic heterocycles. The Kier molecular flexibility index (Phi) is 8.32. The number of hydrogen-bond acceptors (Lipinski definition) is 0. The predicted molar refractivity (Wildman–Crippen MR) is 93.0 cm³/mol. The van der Waals surface area contributed by atoms with E-state index in [9.17, 15) is 0 Å². The van der Waals surface area contributed by atoms with Crippen LogP contribution in [-0.2, 0) is 0 Å². The SMILES string of the molecule is Cl[C](C(Cl)(Cl)C(Cl)(Cl)Cl)C(Cl)(Cl)C(Cl)(Cl)C(Cl)(Cl)Cl. The Labute approximate surface area is 175 Å². The van der Waals surface area contributed by atoms with E-state index < -0.39 is 26.0 Å². The first kappa shape index (κ1) is 22.8. The Morgan fingerprint density at radius 2 is 0.789 bits per heavy atom. The van der Waals surface area contributed by atoms with Gasteiger partial charge in [0.25, 0.3) is 0 Å². The van der Waals surface area contributed by atoms with Crippen LogP contribution < -0.4 is 0 Å². The van der Waals surface area contributed by atoms with Crippen LogP contribution in [0.15, 0.2) is 0 Å². The summed E-state index contributed by atoms with van der Waals surface area (Å²) < 4.78 is -12.0. The van der Waals surface area contributed by atoms with E-state index in [2.05, 4.69) is 0 Å². The van der Waals surface area contributed by atoms with Crippen molar-refractivity contribution in [1.82, 2.24) is 0 Å². The van der Waals surface area contributed by atoms with E-state index in [1.54, 1.807) is 0 Å². The van der Waals surface area contributed by atoms with E-state index >= 15 is 0 Å².